The lowest BCUT2D eigenvalue weighted by Crippen LogP contribution is -2.46. The molecule has 29 heavy (non-hydrogen) atoms. The van der Waals surface area contributed by atoms with Gasteiger partial charge in [0.15, 0.2) is 5.76 Å². The zero-order chi connectivity index (χ0) is 20.1. The number of amides is 1. The maximum Gasteiger partial charge on any atom is 0.252 e. The number of benzene rings is 2. The SMILES string of the molecule is O=C(NCCN1CCNCC1)c1ccccc1-c1ncc(-c2ccccc2F)o1. The highest BCUT2D eigenvalue weighted by atomic mass is 19.1. The number of nitrogens with one attached hydrogen (secondary N) is 2. The summed E-state index contributed by atoms with van der Waals surface area (Å²) in [7, 11) is 0. The Kier molecular flexibility index (Phi) is 5.97. The summed E-state index contributed by atoms with van der Waals surface area (Å²) in [5, 5.41) is 6.29. The molecule has 150 valence electrons. The van der Waals surface area contributed by atoms with E-state index in [1.165, 1.54) is 12.3 Å². The van der Waals surface area contributed by atoms with Crippen LogP contribution in [0.5, 0.6) is 0 Å². The van der Waals surface area contributed by atoms with Gasteiger partial charge in [-0.2, -0.15) is 0 Å². The molecule has 2 N–H and O–H groups in total. The minimum Gasteiger partial charge on any atom is -0.436 e. The molecule has 1 aliphatic rings. The van der Waals surface area contributed by atoms with Crippen LogP contribution in [-0.4, -0.2) is 55.1 Å². The molecule has 0 radical (unpaired) electrons. The molecule has 0 spiro atoms. The van der Waals surface area contributed by atoms with Crippen molar-refractivity contribution in [3.05, 3.63) is 66.1 Å². The first-order chi connectivity index (χ1) is 14.2. The Bertz CT molecular complexity index is 982. The minimum atomic E-state index is -0.380. The van der Waals surface area contributed by atoms with Crippen LogP contribution in [0.1, 0.15) is 10.4 Å². The van der Waals surface area contributed by atoms with Crippen molar-refractivity contribution in [1.82, 2.24) is 20.5 Å². The third-order valence-corrected chi connectivity index (χ3v) is 4.97. The molecule has 1 amide bonds. The number of piperazine rings is 1. The summed E-state index contributed by atoms with van der Waals surface area (Å²) >= 11 is 0. The Morgan fingerprint density at radius 1 is 1.10 bits per heavy atom. The molecule has 1 saturated heterocycles. The van der Waals surface area contributed by atoms with Gasteiger partial charge in [-0.1, -0.05) is 24.3 Å². The minimum absolute atomic E-state index is 0.179. The number of oxazole rings is 1. The number of carbonyl (C=O) groups is 1. The zero-order valence-corrected chi connectivity index (χ0v) is 16.0. The normalized spacial score (nSPS) is 14.7. The molecule has 0 unspecified atom stereocenters. The molecular formula is C22H23FN4O2. The third kappa shape index (κ3) is 4.52. The summed E-state index contributed by atoms with van der Waals surface area (Å²) < 4.78 is 19.8. The van der Waals surface area contributed by atoms with E-state index in [9.17, 15) is 9.18 Å². The Morgan fingerprint density at radius 3 is 2.62 bits per heavy atom. The van der Waals surface area contributed by atoms with E-state index in [1.54, 1.807) is 36.4 Å². The van der Waals surface area contributed by atoms with Gasteiger partial charge >= 0.3 is 0 Å². The highest BCUT2D eigenvalue weighted by Crippen LogP contribution is 2.29. The quantitative estimate of drug-likeness (QED) is 0.673. The average Bonchev–Trinajstić information content (AvgIpc) is 3.24. The van der Waals surface area contributed by atoms with Crippen LogP contribution in [0.4, 0.5) is 4.39 Å². The highest BCUT2D eigenvalue weighted by Gasteiger charge is 2.18. The molecular weight excluding hydrogens is 371 g/mol. The molecule has 2 heterocycles. The molecule has 1 fully saturated rings. The number of rotatable bonds is 6. The van der Waals surface area contributed by atoms with Gasteiger partial charge in [0, 0.05) is 44.8 Å². The van der Waals surface area contributed by atoms with Crippen molar-refractivity contribution in [2.75, 3.05) is 39.3 Å². The first kappa shape index (κ1) is 19.3. The monoisotopic (exact) mass is 394 g/mol. The number of hydrogen-bond donors (Lipinski definition) is 2. The lowest BCUT2D eigenvalue weighted by atomic mass is 10.1. The summed E-state index contributed by atoms with van der Waals surface area (Å²) in [6.07, 6.45) is 1.48. The number of hydrogen-bond acceptors (Lipinski definition) is 5. The highest BCUT2D eigenvalue weighted by molar-refractivity contribution is 6.00. The first-order valence-electron chi connectivity index (χ1n) is 9.74. The van der Waals surface area contributed by atoms with Crippen molar-refractivity contribution in [3.63, 3.8) is 0 Å². The lowest BCUT2D eigenvalue weighted by molar-refractivity contribution is 0.0947. The Morgan fingerprint density at radius 2 is 1.83 bits per heavy atom. The fourth-order valence-corrected chi connectivity index (χ4v) is 3.41. The van der Waals surface area contributed by atoms with Crippen LogP contribution >= 0.6 is 0 Å². The molecule has 6 nitrogen and oxygen atoms in total. The molecule has 0 saturated carbocycles. The summed E-state index contributed by atoms with van der Waals surface area (Å²) in [5.41, 5.74) is 1.40. The first-order valence-corrected chi connectivity index (χ1v) is 9.74. The van der Waals surface area contributed by atoms with Gasteiger partial charge in [0.2, 0.25) is 5.89 Å². The standard InChI is InChI=1S/C22H23FN4O2/c23-19-8-4-3-7-18(19)20-15-26-22(29-20)17-6-2-1-5-16(17)21(28)25-11-14-27-12-9-24-10-13-27/h1-8,15,24H,9-14H2,(H,25,28). The van der Waals surface area contributed by atoms with Crippen molar-refractivity contribution in [1.29, 1.82) is 0 Å². The fourth-order valence-electron chi connectivity index (χ4n) is 3.41. The van der Waals surface area contributed by atoms with E-state index in [4.69, 9.17) is 4.42 Å². The van der Waals surface area contributed by atoms with Gasteiger partial charge in [0.05, 0.1) is 17.3 Å². The summed E-state index contributed by atoms with van der Waals surface area (Å²) in [6.45, 7) is 5.31. The van der Waals surface area contributed by atoms with Crippen molar-refractivity contribution in [2.24, 2.45) is 0 Å². The van der Waals surface area contributed by atoms with Crippen LogP contribution < -0.4 is 10.6 Å². The second kappa shape index (κ2) is 8.98. The summed E-state index contributed by atoms with van der Waals surface area (Å²) in [6, 6.07) is 13.5. The lowest BCUT2D eigenvalue weighted by Gasteiger charge is -2.27. The zero-order valence-electron chi connectivity index (χ0n) is 16.0. The van der Waals surface area contributed by atoms with E-state index in [0.29, 0.717) is 29.0 Å². The molecule has 1 aliphatic heterocycles. The van der Waals surface area contributed by atoms with E-state index >= 15 is 0 Å². The van der Waals surface area contributed by atoms with Crippen LogP contribution in [0.25, 0.3) is 22.8 Å². The maximum absolute atomic E-state index is 14.0. The third-order valence-electron chi connectivity index (χ3n) is 4.97. The van der Waals surface area contributed by atoms with Crippen molar-refractivity contribution in [2.45, 2.75) is 0 Å². The van der Waals surface area contributed by atoms with Gasteiger partial charge in [-0.3, -0.25) is 9.69 Å². The fraction of sp³-hybridized carbons (Fsp3) is 0.273. The van der Waals surface area contributed by atoms with Crippen LogP contribution in [0.15, 0.2) is 59.1 Å². The molecule has 0 atom stereocenters. The van der Waals surface area contributed by atoms with Crippen LogP contribution in [0.2, 0.25) is 0 Å². The Labute approximate surface area is 168 Å². The molecule has 2 aromatic carbocycles. The summed E-state index contributed by atoms with van der Waals surface area (Å²) in [5.74, 6) is 0.0543. The van der Waals surface area contributed by atoms with Gasteiger partial charge in [-0.25, -0.2) is 9.37 Å². The van der Waals surface area contributed by atoms with Crippen molar-refractivity contribution in [3.8, 4) is 22.8 Å². The number of halogens is 1. The van der Waals surface area contributed by atoms with E-state index in [0.717, 1.165) is 32.7 Å². The second-order valence-corrected chi connectivity index (χ2v) is 6.90. The van der Waals surface area contributed by atoms with E-state index in [2.05, 4.69) is 20.5 Å². The van der Waals surface area contributed by atoms with E-state index in [-0.39, 0.29) is 17.6 Å². The van der Waals surface area contributed by atoms with Gasteiger partial charge in [0.25, 0.3) is 5.91 Å². The second-order valence-electron chi connectivity index (χ2n) is 6.90. The van der Waals surface area contributed by atoms with Gasteiger partial charge in [-0.15, -0.1) is 0 Å². The van der Waals surface area contributed by atoms with Crippen molar-refractivity contribution >= 4 is 5.91 Å². The van der Waals surface area contributed by atoms with E-state index < -0.39 is 0 Å². The topological polar surface area (TPSA) is 70.4 Å². The Hall–Kier alpha value is -3.03. The van der Waals surface area contributed by atoms with Crippen LogP contribution in [0.3, 0.4) is 0 Å². The average molecular weight is 394 g/mol. The van der Waals surface area contributed by atoms with Gasteiger partial charge in [-0.05, 0) is 24.3 Å². The number of aromatic nitrogens is 1. The number of nitrogens with zero attached hydrogens (tertiary/aromatic N) is 2. The predicted molar refractivity (Wildman–Crippen MR) is 109 cm³/mol. The van der Waals surface area contributed by atoms with Crippen LogP contribution in [0, 0.1) is 5.82 Å². The predicted octanol–water partition coefficient (Wildman–Crippen LogP) is 2.78. The molecule has 4 rings (SSSR count). The van der Waals surface area contributed by atoms with Gasteiger partial charge in [0.1, 0.15) is 5.82 Å². The summed E-state index contributed by atoms with van der Waals surface area (Å²) in [4.78, 5) is 19.3. The maximum atomic E-state index is 14.0. The largest absolute Gasteiger partial charge is 0.436 e. The number of carbonyl (C=O) groups excluding carboxylic acids is 1. The molecule has 1 aromatic heterocycles. The Balaban J connectivity index is 1.48. The van der Waals surface area contributed by atoms with Crippen molar-refractivity contribution < 1.29 is 13.6 Å². The van der Waals surface area contributed by atoms with Gasteiger partial charge < -0.3 is 15.1 Å². The molecule has 3 aromatic rings. The van der Waals surface area contributed by atoms with Crippen LogP contribution in [-0.2, 0) is 0 Å². The smallest absolute Gasteiger partial charge is 0.252 e. The molecule has 7 heteroatoms. The van der Waals surface area contributed by atoms with E-state index in [1.807, 2.05) is 6.07 Å². The molecule has 0 bridgehead atoms. The molecule has 0 aliphatic carbocycles.